The van der Waals surface area contributed by atoms with Gasteiger partial charge in [0, 0.05) is 21.7 Å². The van der Waals surface area contributed by atoms with E-state index in [4.69, 9.17) is 4.74 Å². The van der Waals surface area contributed by atoms with Crippen molar-refractivity contribution in [1.82, 2.24) is 0 Å². The van der Waals surface area contributed by atoms with Crippen LogP contribution in [0.15, 0.2) is 95.9 Å². The van der Waals surface area contributed by atoms with E-state index in [0.717, 1.165) is 26.9 Å². The van der Waals surface area contributed by atoms with Crippen LogP contribution in [-0.2, 0) is 10.9 Å². The third-order valence-electron chi connectivity index (χ3n) is 6.61. The van der Waals surface area contributed by atoms with Gasteiger partial charge in [0.15, 0.2) is 4.90 Å². The Hall–Kier alpha value is -3.30. The van der Waals surface area contributed by atoms with Gasteiger partial charge in [0.05, 0.1) is 5.56 Å². The largest absolute Gasteiger partial charge is 0.422 e. The molecule has 1 aliphatic heterocycles. The van der Waals surface area contributed by atoms with Crippen LogP contribution in [0.5, 0.6) is 5.75 Å². The van der Waals surface area contributed by atoms with Crippen molar-refractivity contribution in [3.63, 3.8) is 0 Å². The summed E-state index contributed by atoms with van der Waals surface area (Å²) in [6.07, 6.45) is 3.96. The molecule has 0 N–H and O–H groups in total. The molecule has 0 amide bonds. The van der Waals surface area contributed by atoms with Gasteiger partial charge in [-0.15, -0.1) is 0 Å². The number of hydrogen-bond donors (Lipinski definition) is 0. The summed E-state index contributed by atoms with van der Waals surface area (Å²) in [5, 5.41) is 6.17. The molecule has 33 heavy (non-hydrogen) atoms. The molecular weight excluding hydrogens is 424 g/mol. The number of benzene rings is 5. The van der Waals surface area contributed by atoms with Crippen molar-refractivity contribution in [3.8, 4) is 5.75 Å². The van der Waals surface area contributed by atoms with Crippen LogP contribution in [-0.4, -0.2) is 17.5 Å². The van der Waals surface area contributed by atoms with Crippen LogP contribution in [0.25, 0.3) is 32.3 Å². The molecule has 0 atom stereocenters. The van der Waals surface area contributed by atoms with E-state index in [9.17, 15) is 4.79 Å². The second kappa shape index (κ2) is 8.57. The van der Waals surface area contributed by atoms with Crippen molar-refractivity contribution in [2.45, 2.75) is 24.2 Å². The van der Waals surface area contributed by atoms with Gasteiger partial charge in [0.2, 0.25) is 0 Å². The third-order valence-corrected chi connectivity index (χ3v) is 9.16. The zero-order valence-electron chi connectivity index (χ0n) is 18.4. The minimum absolute atomic E-state index is 0.283. The van der Waals surface area contributed by atoms with Crippen LogP contribution in [0.3, 0.4) is 0 Å². The lowest BCUT2D eigenvalue weighted by Crippen LogP contribution is -2.18. The monoisotopic (exact) mass is 449 g/mol. The first kappa shape index (κ1) is 20.3. The van der Waals surface area contributed by atoms with Gasteiger partial charge in [-0.2, -0.15) is 0 Å². The summed E-state index contributed by atoms with van der Waals surface area (Å²) in [6, 6.07) is 30.8. The van der Waals surface area contributed by atoms with E-state index in [1.807, 2.05) is 60.7 Å². The maximum Gasteiger partial charge on any atom is 0.344 e. The van der Waals surface area contributed by atoms with Gasteiger partial charge in [0.1, 0.15) is 17.3 Å². The second-order valence-electron chi connectivity index (χ2n) is 8.65. The van der Waals surface area contributed by atoms with E-state index >= 15 is 0 Å². The Bertz CT molecular complexity index is 1440. The molecular formula is C30H25O2S+. The quantitative estimate of drug-likeness (QED) is 0.123. The molecule has 5 aromatic rings. The standard InChI is InChI=1S/C30H25O2S/c31-30(29-23-12-4-2-10-21(23)20-22-11-3-5-13-24(22)29)32-27-16-17-28(33-18-8-1-9-19-33)26-15-7-6-14-25(26)27/h2-7,10-17,20H,1,8-9,18-19H2/q+1. The molecule has 0 saturated carbocycles. The number of carbonyl (C=O) groups excluding carboxylic acids is 1. The van der Waals surface area contributed by atoms with Gasteiger partial charge < -0.3 is 4.74 Å². The first-order chi connectivity index (χ1) is 16.3. The lowest BCUT2D eigenvalue weighted by molar-refractivity contribution is 0.0741. The van der Waals surface area contributed by atoms with Crippen molar-refractivity contribution < 1.29 is 9.53 Å². The predicted molar refractivity (Wildman–Crippen MR) is 140 cm³/mol. The van der Waals surface area contributed by atoms with Crippen molar-refractivity contribution in [2.75, 3.05) is 11.5 Å². The van der Waals surface area contributed by atoms with E-state index in [0.29, 0.717) is 11.3 Å². The predicted octanol–water partition coefficient (Wildman–Crippen LogP) is 7.53. The zero-order valence-corrected chi connectivity index (χ0v) is 19.2. The van der Waals surface area contributed by atoms with E-state index in [2.05, 4.69) is 30.3 Å². The topological polar surface area (TPSA) is 26.3 Å². The highest BCUT2D eigenvalue weighted by Crippen LogP contribution is 2.36. The van der Waals surface area contributed by atoms with Gasteiger partial charge in [-0.3, -0.25) is 0 Å². The zero-order chi connectivity index (χ0) is 22.2. The molecule has 1 saturated heterocycles. The molecule has 162 valence electrons. The minimum Gasteiger partial charge on any atom is -0.422 e. The molecule has 6 rings (SSSR count). The maximum atomic E-state index is 13.7. The number of ether oxygens (including phenoxy) is 1. The summed E-state index contributed by atoms with van der Waals surface area (Å²) in [7, 11) is 0.283. The van der Waals surface area contributed by atoms with Gasteiger partial charge in [-0.05, 0) is 65.1 Å². The summed E-state index contributed by atoms with van der Waals surface area (Å²) in [4.78, 5) is 15.1. The highest BCUT2D eigenvalue weighted by Gasteiger charge is 2.28. The van der Waals surface area contributed by atoms with Crippen LogP contribution in [0, 0.1) is 0 Å². The maximum absolute atomic E-state index is 13.7. The van der Waals surface area contributed by atoms with Crippen LogP contribution in [0.1, 0.15) is 29.6 Å². The Morgan fingerprint density at radius 2 is 1.21 bits per heavy atom. The summed E-state index contributed by atoms with van der Waals surface area (Å²) >= 11 is 0. The summed E-state index contributed by atoms with van der Waals surface area (Å²) in [5.41, 5.74) is 0.631. The average molecular weight is 450 g/mol. The van der Waals surface area contributed by atoms with E-state index in [-0.39, 0.29) is 16.9 Å². The van der Waals surface area contributed by atoms with Gasteiger partial charge in [-0.1, -0.05) is 66.7 Å². The molecule has 0 spiro atoms. The van der Waals surface area contributed by atoms with Crippen molar-refractivity contribution in [1.29, 1.82) is 0 Å². The molecule has 2 nitrogen and oxygen atoms in total. The minimum atomic E-state index is -0.305. The first-order valence-corrected chi connectivity index (χ1v) is 13.2. The van der Waals surface area contributed by atoms with E-state index in [1.165, 1.54) is 41.0 Å². The molecule has 1 aliphatic rings. The number of carbonyl (C=O) groups is 1. The fourth-order valence-electron chi connectivity index (χ4n) is 5.02. The molecule has 1 heterocycles. The Morgan fingerprint density at radius 1 is 0.636 bits per heavy atom. The van der Waals surface area contributed by atoms with Gasteiger partial charge in [0.25, 0.3) is 0 Å². The summed E-state index contributed by atoms with van der Waals surface area (Å²) in [6.45, 7) is 0. The van der Waals surface area contributed by atoms with Crippen LogP contribution >= 0.6 is 0 Å². The highest BCUT2D eigenvalue weighted by molar-refractivity contribution is 7.97. The van der Waals surface area contributed by atoms with E-state index in [1.54, 1.807) is 0 Å². The van der Waals surface area contributed by atoms with Crippen molar-refractivity contribution in [2.24, 2.45) is 0 Å². The number of fused-ring (bicyclic) bond motifs is 3. The number of esters is 1. The number of hydrogen-bond acceptors (Lipinski definition) is 2. The number of rotatable bonds is 3. The Morgan fingerprint density at radius 3 is 1.88 bits per heavy atom. The fourth-order valence-corrected chi connectivity index (χ4v) is 7.52. The van der Waals surface area contributed by atoms with E-state index < -0.39 is 0 Å². The molecule has 3 heteroatoms. The van der Waals surface area contributed by atoms with Gasteiger partial charge >= 0.3 is 5.97 Å². The molecule has 0 radical (unpaired) electrons. The lowest BCUT2D eigenvalue weighted by Gasteiger charge is -2.16. The third kappa shape index (κ3) is 3.67. The Labute approximate surface area is 196 Å². The van der Waals surface area contributed by atoms with Crippen LogP contribution < -0.4 is 4.74 Å². The normalized spacial score (nSPS) is 14.7. The summed E-state index contributed by atoms with van der Waals surface area (Å²) in [5.74, 6) is 2.87. The second-order valence-corrected chi connectivity index (χ2v) is 10.9. The summed E-state index contributed by atoms with van der Waals surface area (Å²) < 4.78 is 6.14. The molecule has 0 bridgehead atoms. The molecule has 1 fully saturated rings. The van der Waals surface area contributed by atoms with Crippen molar-refractivity contribution >= 4 is 49.2 Å². The average Bonchev–Trinajstić information content (AvgIpc) is 2.88. The highest BCUT2D eigenvalue weighted by atomic mass is 32.2. The molecule has 5 aromatic carbocycles. The lowest BCUT2D eigenvalue weighted by atomic mass is 9.97. The Balaban J connectivity index is 1.46. The first-order valence-electron chi connectivity index (χ1n) is 11.6. The SMILES string of the molecule is O=C(Oc1ccc([S+]2CCCCC2)c2ccccc12)c1c2ccccc2cc2ccccc12. The molecule has 0 aliphatic carbocycles. The van der Waals surface area contributed by atoms with Crippen LogP contribution in [0.4, 0.5) is 0 Å². The molecule has 0 unspecified atom stereocenters. The smallest absolute Gasteiger partial charge is 0.344 e. The Kier molecular flexibility index (Phi) is 5.27. The fraction of sp³-hybridized carbons (Fsp3) is 0.167. The molecule has 0 aromatic heterocycles. The van der Waals surface area contributed by atoms with Crippen LogP contribution in [0.2, 0.25) is 0 Å². The van der Waals surface area contributed by atoms with Crippen molar-refractivity contribution in [3.05, 3.63) is 96.6 Å². The van der Waals surface area contributed by atoms with Gasteiger partial charge in [-0.25, -0.2) is 4.79 Å².